The van der Waals surface area contributed by atoms with E-state index in [1.54, 1.807) is 25.3 Å². The quantitative estimate of drug-likeness (QED) is 0.547. The van der Waals surface area contributed by atoms with Crippen molar-refractivity contribution in [1.82, 2.24) is 20.2 Å². The first-order valence-electron chi connectivity index (χ1n) is 9.33. The predicted molar refractivity (Wildman–Crippen MR) is 107 cm³/mol. The van der Waals surface area contributed by atoms with Gasteiger partial charge in [0.15, 0.2) is 5.65 Å². The van der Waals surface area contributed by atoms with Gasteiger partial charge in [0.05, 0.1) is 23.9 Å². The number of benzene rings is 1. The molecule has 1 aliphatic carbocycles. The van der Waals surface area contributed by atoms with Crippen molar-refractivity contribution in [2.24, 2.45) is 0 Å². The van der Waals surface area contributed by atoms with Crippen LogP contribution < -0.4 is 4.74 Å². The van der Waals surface area contributed by atoms with E-state index in [0.29, 0.717) is 28.6 Å². The van der Waals surface area contributed by atoms with Crippen LogP contribution in [0.3, 0.4) is 0 Å². The molecule has 0 amide bonds. The Kier molecular flexibility index (Phi) is 3.79. The van der Waals surface area contributed by atoms with Gasteiger partial charge < -0.3 is 9.84 Å². The lowest BCUT2D eigenvalue weighted by Gasteiger charge is -2.11. The number of phenols is 1. The smallest absolute Gasteiger partial charge is 0.182 e. The van der Waals surface area contributed by atoms with Gasteiger partial charge in [-0.2, -0.15) is 5.10 Å². The van der Waals surface area contributed by atoms with Crippen LogP contribution in [0, 0.1) is 6.92 Å². The van der Waals surface area contributed by atoms with Crippen LogP contribution in [0.15, 0.2) is 42.6 Å². The fraction of sp³-hybridized carbons (Fsp3) is 0.227. The molecule has 1 saturated carbocycles. The highest BCUT2D eigenvalue weighted by atomic mass is 16.5. The number of fused-ring (bicyclic) bond motifs is 1. The van der Waals surface area contributed by atoms with Gasteiger partial charge in [0, 0.05) is 28.9 Å². The van der Waals surface area contributed by atoms with E-state index in [1.807, 2.05) is 25.3 Å². The molecule has 0 bridgehead atoms. The number of pyridine rings is 2. The molecule has 3 aromatic heterocycles. The Morgan fingerprint density at radius 1 is 1.07 bits per heavy atom. The van der Waals surface area contributed by atoms with Crippen LogP contribution in [-0.4, -0.2) is 32.4 Å². The highest BCUT2D eigenvalue weighted by Gasteiger charge is 2.29. The number of hydrogen-bond acceptors (Lipinski definition) is 5. The van der Waals surface area contributed by atoms with Gasteiger partial charge in [-0.25, -0.2) is 4.98 Å². The van der Waals surface area contributed by atoms with Gasteiger partial charge in [-0.05, 0) is 55.7 Å². The highest BCUT2D eigenvalue weighted by molar-refractivity contribution is 5.96. The Balaban J connectivity index is 1.79. The number of aromatic amines is 1. The average Bonchev–Trinajstić information content (AvgIpc) is 3.47. The van der Waals surface area contributed by atoms with Crippen molar-refractivity contribution in [3.63, 3.8) is 0 Å². The van der Waals surface area contributed by atoms with Crippen LogP contribution in [0.4, 0.5) is 0 Å². The topological polar surface area (TPSA) is 83.9 Å². The van der Waals surface area contributed by atoms with E-state index < -0.39 is 0 Å². The van der Waals surface area contributed by atoms with E-state index >= 15 is 0 Å². The van der Waals surface area contributed by atoms with E-state index in [2.05, 4.69) is 21.2 Å². The van der Waals surface area contributed by atoms with Crippen LogP contribution in [-0.2, 0) is 0 Å². The maximum atomic E-state index is 9.99. The number of aromatic nitrogens is 4. The SMILES string of the molecule is COc1ccc(O)cc1-c1cc(-c2ccc(C)cn2)c2c(C3CC3)[nH]nc2n1. The molecule has 0 saturated heterocycles. The Morgan fingerprint density at radius 3 is 2.64 bits per heavy atom. The summed E-state index contributed by atoms with van der Waals surface area (Å²) in [5.41, 5.74) is 6.16. The average molecular weight is 372 g/mol. The molecule has 4 aromatic rings. The number of aryl methyl sites for hydroxylation is 1. The van der Waals surface area contributed by atoms with Gasteiger partial charge in [0.25, 0.3) is 0 Å². The minimum Gasteiger partial charge on any atom is -0.508 e. The van der Waals surface area contributed by atoms with Gasteiger partial charge in [0.2, 0.25) is 0 Å². The number of phenolic OH excluding ortho intramolecular Hbond substituents is 1. The van der Waals surface area contributed by atoms with Crippen molar-refractivity contribution in [3.8, 4) is 34.0 Å². The monoisotopic (exact) mass is 372 g/mol. The number of nitrogens with zero attached hydrogens (tertiary/aromatic N) is 3. The van der Waals surface area contributed by atoms with Crippen molar-refractivity contribution in [2.45, 2.75) is 25.7 Å². The molecule has 5 rings (SSSR count). The summed E-state index contributed by atoms with van der Waals surface area (Å²) in [5.74, 6) is 1.32. The summed E-state index contributed by atoms with van der Waals surface area (Å²) in [7, 11) is 1.61. The zero-order valence-corrected chi connectivity index (χ0v) is 15.7. The minimum absolute atomic E-state index is 0.161. The van der Waals surface area contributed by atoms with Gasteiger partial charge in [-0.3, -0.25) is 10.1 Å². The second-order valence-electron chi connectivity index (χ2n) is 7.27. The predicted octanol–water partition coefficient (Wildman–Crippen LogP) is 4.59. The van der Waals surface area contributed by atoms with E-state index in [-0.39, 0.29) is 5.75 Å². The fourth-order valence-electron chi connectivity index (χ4n) is 3.58. The van der Waals surface area contributed by atoms with E-state index in [4.69, 9.17) is 9.72 Å². The Hall–Kier alpha value is -3.41. The molecule has 140 valence electrons. The second-order valence-corrected chi connectivity index (χ2v) is 7.27. The molecule has 0 aliphatic heterocycles. The highest BCUT2D eigenvalue weighted by Crippen LogP contribution is 2.45. The van der Waals surface area contributed by atoms with Gasteiger partial charge in [-0.15, -0.1) is 0 Å². The molecule has 1 aliphatic rings. The molecule has 2 N–H and O–H groups in total. The summed E-state index contributed by atoms with van der Waals surface area (Å²) in [5, 5.41) is 18.7. The molecule has 0 spiro atoms. The lowest BCUT2D eigenvalue weighted by molar-refractivity contribution is 0.414. The number of nitrogens with one attached hydrogen (secondary N) is 1. The van der Waals surface area contributed by atoms with Crippen molar-refractivity contribution >= 4 is 11.0 Å². The summed E-state index contributed by atoms with van der Waals surface area (Å²) >= 11 is 0. The van der Waals surface area contributed by atoms with Crippen molar-refractivity contribution < 1.29 is 9.84 Å². The first-order chi connectivity index (χ1) is 13.6. The zero-order valence-electron chi connectivity index (χ0n) is 15.7. The molecule has 1 fully saturated rings. The van der Waals surface area contributed by atoms with Gasteiger partial charge in [-0.1, -0.05) is 6.07 Å². The third kappa shape index (κ3) is 2.78. The summed E-state index contributed by atoms with van der Waals surface area (Å²) in [6.45, 7) is 2.02. The third-order valence-corrected chi connectivity index (χ3v) is 5.18. The van der Waals surface area contributed by atoms with Gasteiger partial charge in [0.1, 0.15) is 11.5 Å². The molecule has 0 atom stereocenters. The first kappa shape index (κ1) is 16.7. The number of hydrogen-bond donors (Lipinski definition) is 2. The molecule has 0 unspecified atom stereocenters. The van der Waals surface area contributed by atoms with E-state index in [0.717, 1.165) is 27.9 Å². The standard InChI is InChI=1S/C22H20N4O2/c1-12-3-7-17(23-11-12)16-10-18(15-9-14(27)6-8-19(15)28-2)24-22-20(16)21(25-26-22)13-4-5-13/h3,6-11,13,27H,4-5H2,1-2H3,(H,24,25,26). The van der Waals surface area contributed by atoms with Crippen LogP contribution in [0.5, 0.6) is 11.5 Å². The Bertz CT molecular complexity index is 1180. The number of ether oxygens (including phenoxy) is 1. The fourth-order valence-corrected chi connectivity index (χ4v) is 3.58. The Labute approximate surface area is 162 Å². The first-order valence-corrected chi connectivity index (χ1v) is 9.33. The normalized spacial score (nSPS) is 13.8. The lowest BCUT2D eigenvalue weighted by atomic mass is 10.0. The molecule has 3 heterocycles. The molecule has 0 radical (unpaired) electrons. The van der Waals surface area contributed by atoms with E-state index in [9.17, 15) is 5.11 Å². The molecule has 28 heavy (non-hydrogen) atoms. The minimum atomic E-state index is 0.161. The summed E-state index contributed by atoms with van der Waals surface area (Å²) < 4.78 is 5.49. The second kappa shape index (κ2) is 6.34. The molecule has 6 heteroatoms. The van der Waals surface area contributed by atoms with Crippen LogP contribution >= 0.6 is 0 Å². The van der Waals surface area contributed by atoms with Crippen LogP contribution in [0.2, 0.25) is 0 Å². The summed E-state index contributed by atoms with van der Waals surface area (Å²) in [6.07, 6.45) is 4.20. The zero-order chi connectivity index (χ0) is 19.3. The van der Waals surface area contributed by atoms with Crippen molar-refractivity contribution in [1.29, 1.82) is 0 Å². The van der Waals surface area contributed by atoms with Crippen molar-refractivity contribution in [3.05, 3.63) is 53.9 Å². The van der Waals surface area contributed by atoms with Gasteiger partial charge >= 0.3 is 0 Å². The third-order valence-electron chi connectivity index (χ3n) is 5.18. The lowest BCUT2D eigenvalue weighted by Crippen LogP contribution is -1.94. The largest absolute Gasteiger partial charge is 0.508 e. The van der Waals surface area contributed by atoms with Crippen LogP contribution in [0.1, 0.15) is 30.0 Å². The molecule has 6 nitrogen and oxygen atoms in total. The number of rotatable bonds is 4. The van der Waals surface area contributed by atoms with E-state index in [1.165, 1.54) is 12.8 Å². The maximum absolute atomic E-state index is 9.99. The number of H-pyrrole nitrogens is 1. The number of aromatic hydroxyl groups is 1. The Morgan fingerprint density at radius 2 is 1.93 bits per heavy atom. The maximum Gasteiger partial charge on any atom is 0.182 e. The molecular weight excluding hydrogens is 352 g/mol. The van der Waals surface area contributed by atoms with Crippen molar-refractivity contribution in [2.75, 3.05) is 7.11 Å². The molecule has 1 aromatic carbocycles. The molecular formula is C22H20N4O2. The summed E-state index contributed by atoms with van der Waals surface area (Å²) in [4.78, 5) is 9.41. The summed E-state index contributed by atoms with van der Waals surface area (Å²) in [6, 6.07) is 11.1. The van der Waals surface area contributed by atoms with Crippen LogP contribution in [0.25, 0.3) is 33.5 Å². The number of methoxy groups -OCH3 is 1.